The second kappa shape index (κ2) is 4.98. The molecule has 0 atom stereocenters. The van der Waals surface area contributed by atoms with E-state index in [1.165, 1.54) is 0 Å². The first-order valence-corrected chi connectivity index (χ1v) is 6.11. The zero-order chi connectivity index (χ0) is 12.4. The van der Waals surface area contributed by atoms with E-state index < -0.39 is 0 Å². The summed E-state index contributed by atoms with van der Waals surface area (Å²) in [6.07, 6.45) is 1.99. The predicted molar refractivity (Wildman–Crippen MR) is 72.4 cm³/mol. The van der Waals surface area contributed by atoms with Crippen molar-refractivity contribution in [3.8, 4) is 0 Å². The first-order chi connectivity index (χ1) is 8.08. The van der Waals surface area contributed by atoms with E-state index in [0.29, 0.717) is 10.0 Å². The topological polar surface area (TPSA) is 29.9 Å². The zero-order valence-corrected chi connectivity index (χ0v) is 11.2. The Morgan fingerprint density at radius 3 is 2.47 bits per heavy atom. The molecule has 17 heavy (non-hydrogen) atoms. The summed E-state index contributed by atoms with van der Waals surface area (Å²) in [5, 5.41) is 4.42. The molecule has 1 heterocycles. The number of nitrogens with one attached hydrogen (secondary N) is 1. The average molecular weight is 270 g/mol. The van der Waals surface area contributed by atoms with Crippen molar-refractivity contribution in [1.82, 2.24) is 9.55 Å². The minimum Gasteiger partial charge on any atom is -0.326 e. The fraction of sp³-hybridized carbons (Fsp3) is 0.250. The fourth-order valence-electron chi connectivity index (χ4n) is 1.64. The van der Waals surface area contributed by atoms with Gasteiger partial charge in [-0.2, -0.15) is 0 Å². The van der Waals surface area contributed by atoms with Gasteiger partial charge in [0.1, 0.15) is 0 Å². The van der Waals surface area contributed by atoms with Gasteiger partial charge < -0.3 is 9.88 Å². The fourth-order valence-corrected chi connectivity index (χ4v) is 2.17. The smallest absolute Gasteiger partial charge is 0.207 e. The first kappa shape index (κ1) is 12.3. The summed E-state index contributed by atoms with van der Waals surface area (Å²) in [7, 11) is 0. The van der Waals surface area contributed by atoms with Crippen LogP contribution in [0.1, 0.15) is 12.6 Å². The normalized spacial score (nSPS) is 10.6. The van der Waals surface area contributed by atoms with Crippen LogP contribution < -0.4 is 5.32 Å². The van der Waals surface area contributed by atoms with Crippen molar-refractivity contribution >= 4 is 34.8 Å². The van der Waals surface area contributed by atoms with Crippen LogP contribution in [0.2, 0.25) is 10.0 Å². The number of imidazole rings is 1. The molecule has 0 bridgehead atoms. The third-order valence-corrected chi connectivity index (χ3v) is 2.79. The Morgan fingerprint density at radius 2 is 1.88 bits per heavy atom. The lowest BCUT2D eigenvalue weighted by atomic mass is 10.3. The maximum atomic E-state index is 5.94. The number of aryl methyl sites for hydroxylation is 2. The molecule has 90 valence electrons. The monoisotopic (exact) mass is 269 g/mol. The summed E-state index contributed by atoms with van der Waals surface area (Å²) >= 11 is 11.9. The standard InChI is InChI=1S/C12H13Cl2N3/c1-3-17-7-8(2)15-12(17)16-11-5-9(13)4-10(14)6-11/h4-7H,3H2,1-2H3,(H,15,16). The lowest BCUT2D eigenvalue weighted by molar-refractivity contribution is 0.771. The van der Waals surface area contributed by atoms with Crippen molar-refractivity contribution in [2.24, 2.45) is 0 Å². The summed E-state index contributed by atoms with van der Waals surface area (Å²) in [6.45, 7) is 4.89. The maximum absolute atomic E-state index is 5.94. The van der Waals surface area contributed by atoms with Gasteiger partial charge in [-0.25, -0.2) is 4.98 Å². The Morgan fingerprint density at radius 1 is 1.24 bits per heavy atom. The Kier molecular flexibility index (Phi) is 3.60. The van der Waals surface area contributed by atoms with E-state index in [1.807, 2.05) is 29.8 Å². The molecule has 0 fully saturated rings. The van der Waals surface area contributed by atoms with Crippen LogP contribution in [0, 0.1) is 6.92 Å². The first-order valence-electron chi connectivity index (χ1n) is 5.35. The number of benzene rings is 1. The summed E-state index contributed by atoms with van der Waals surface area (Å²) in [6, 6.07) is 5.33. The number of hydrogen-bond acceptors (Lipinski definition) is 2. The molecule has 0 spiro atoms. The molecule has 0 amide bonds. The van der Waals surface area contributed by atoms with Gasteiger partial charge in [-0.05, 0) is 32.0 Å². The number of hydrogen-bond donors (Lipinski definition) is 1. The van der Waals surface area contributed by atoms with Crippen LogP contribution in [0.15, 0.2) is 24.4 Å². The van der Waals surface area contributed by atoms with E-state index >= 15 is 0 Å². The summed E-state index contributed by atoms with van der Waals surface area (Å²) < 4.78 is 2.03. The highest BCUT2D eigenvalue weighted by molar-refractivity contribution is 6.35. The van der Waals surface area contributed by atoms with E-state index in [4.69, 9.17) is 23.2 Å². The number of nitrogens with zero attached hydrogens (tertiary/aromatic N) is 2. The van der Waals surface area contributed by atoms with Gasteiger partial charge in [0.2, 0.25) is 5.95 Å². The van der Waals surface area contributed by atoms with Crippen molar-refractivity contribution in [3.05, 3.63) is 40.1 Å². The largest absolute Gasteiger partial charge is 0.326 e. The minimum absolute atomic E-state index is 0.603. The lowest BCUT2D eigenvalue weighted by Crippen LogP contribution is -2.01. The molecule has 1 N–H and O–H groups in total. The van der Waals surface area contributed by atoms with Gasteiger partial charge in [0, 0.05) is 28.5 Å². The molecular formula is C12H13Cl2N3. The van der Waals surface area contributed by atoms with Crippen LogP contribution in [0.5, 0.6) is 0 Å². The van der Waals surface area contributed by atoms with Gasteiger partial charge in [-0.1, -0.05) is 23.2 Å². The second-order valence-corrected chi connectivity index (χ2v) is 4.65. The number of aromatic nitrogens is 2. The molecule has 0 aliphatic rings. The van der Waals surface area contributed by atoms with Gasteiger partial charge in [-0.15, -0.1) is 0 Å². The molecule has 0 saturated heterocycles. The Balaban J connectivity index is 2.30. The van der Waals surface area contributed by atoms with Crippen LogP contribution in [-0.2, 0) is 6.54 Å². The molecule has 2 rings (SSSR count). The number of rotatable bonds is 3. The Bertz CT molecular complexity index is 514. The van der Waals surface area contributed by atoms with Crippen LogP contribution in [-0.4, -0.2) is 9.55 Å². The molecule has 1 aromatic carbocycles. The van der Waals surface area contributed by atoms with Gasteiger partial charge in [0.25, 0.3) is 0 Å². The van der Waals surface area contributed by atoms with Gasteiger partial charge in [0.15, 0.2) is 0 Å². The molecular weight excluding hydrogens is 257 g/mol. The molecule has 1 aromatic heterocycles. The van der Waals surface area contributed by atoms with Crippen LogP contribution >= 0.6 is 23.2 Å². The second-order valence-electron chi connectivity index (χ2n) is 3.78. The van der Waals surface area contributed by atoms with Crippen LogP contribution in [0.3, 0.4) is 0 Å². The van der Waals surface area contributed by atoms with E-state index in [0.717, 1.165) is 23.9 Å². The number of anilines is 2. The number of halogens is 2. The molecule has 3 nitrogen and oxygen atoms in total. The van der Waals surface area contributed by atoms with Crippen LogP contribution in [0.25, 0.3) is 0 Å². The van der Waals surface area contributed by atoms with E-state index in [1.54, 1.807) is 6.07 Å². The van der Waals surface area contributed by atoms with Gasteiger partial charge in [0.05, 0.1) is 5.69 Å². The molecule has 2 aromatic rings. The van der Waals surface area contributed by atoms with Gasteiger partial charge >= 0.3 is 0 Å². The third kappa shape index (κ3) is 2.93. The van der Waals surface area contributed by atoms with Gasteiger partial charge in [-0.3, -0.25) is 0 Å². The summed E-state index contributed by atoms with van der Waals surface area (Å²) in [4.78, 5) is 4.40. The Hall–Kier alpha value is -1.19. The SMILES string of the molecule is CCn1cc(C)nc1Nc1cc(Cl)cc(Cl)c1. The van der Waals surface area contributed by atoms with E-state index in [2.05, 4.69) is 17.2 Å². The molecule has 0 aliphatic carbocycles. The van der Waals surface area contributed by atoms with E-state index in [9.17, 15) is 0 Å². The molecule has 0 unspecified atom stereocenters. The summed E-state index contributed by atoms with van der Waals surface area (Å²) in [5.41, 5.74) is 1.81. The summed E-state index contributed by atoms with van der Waals surface area (Å²) in [5.74, 6) is 0.795. The van der Waals surface area contributed by atoms with E-state index in [-0.39, 0.29) is 0 Å². The quantitative estimate of drug-likeness (QED) is 0.902. The predicted octanol–water partition coefficient (Wildman–Crippen LogP) is 4.26. The highest BCUT2D eigenvalue weighted by atomic mass is 35.5. The van der Waals surface area contributed by atoms with Crippen LogP contribution in [0.4, 0.5) is 11.6 Å². The molecule has 0 aliphatic heterocycles. The maximum Gasteiger partial charge on any atom is 0.207 e. The highest BCUT2D eigenvalue weighted by Gasteiger charge is 2.05. The third-order valence-electron chi connectivity index (χ3n) is 2.36. The highest BCUT2D eigenvalue weighted by Crippen LogP contribution is 2.25. The lowest BCUT2D eigenvalue weighted by Gasteiger charge is -2.08. The Labute approximate surface area is 110 Å². The molecule has 0 radical (unpaired) electrons. The average Bonchev–Trinajstić information content (AvgIpc) is 2.57. The van der Waals surface area contributed by atoms with Crippen molar-refractivity contribution < 1.29 is 0 Å². The van der Waals surface area contributed by atoms with Crippen molar-refractivity contribution in [3.63, 3.8) is 0 Å². The van der Waals surface area contributed by atoms with Crippen molar-refractivity contribution in [2.75, 3.05) is 5.32 Å². The van der Waals surface area contributed by atoms with Crippen molar-refractivity contribution in [1.29, 1.82) is 0 Å². The van der Waals surface area contributed by atoms with Crippen molar-refractivity contribution in [2.45, 2.75) is 20.4 Å². The zero-order valence-electron chi connectivity index (χ0n) is 9.67. The minimum atomic E-state index is 0.603. The molecule has 5 heteroatoms. The molecule has 0 saturated carbocycles.